The van der Waals surface area contributed by atoms with Crippen molar-refractivity contribution in [3.63, 3.8) is 0 Å². The van der Waals surface area contributed by atoms with E-state index in [1.807, 2.05) is 0 Å². The molecule has 0 fully saturated rings. The minimum absolute atomic E-state index is 0.194. The SMILES string of the molecule is CCOC(=O)C1=C(C)N=c2s/c(=C/c3ccc(OCC(=O)O)cc3)c(=O)n2[C@@H]1c1ccc(Cl)cc1. The Hall–Kier alpha value is -3.69. The van der Waals surface area contributed by atoms with Crippen molar-refractivity contribution in [3.8, 4) is 5.75 Å². The fourth-order valence-electron chi connectivity index (χ4n) is 3.71. The van der Waals surface area contributed by atoms with Crippen LogP contribution in [0.25, 0.3) is 6.08 Å². The van der Waals surface area contributed by atoms with Crippen LogP contribution in [-0.4, -0.2) is 34.8 Å². The Kier molecular flexibility index (Phi) is 7.18. The van der Waals surface area contributed by atoms with Gasteiger partial charge < -0.3 is 14.6 Å². The van der Waals surface area contributed by atoms with Crippen LogP contribution in [0.5, 0.6) is 5.75 Å². The summed E-state index contributed by atoms with van der Waals surface area (Å²) >= 11 is 7.28. The van der Waals surface area contributed by atoms with Gasteiger partial charge in [-0.1, -0.05) is 47.2 Å². The maximum Gasteiger partial charge on any atom is 0.341 e. The zero-order chi connectivity index (χ0) is 25.1. The number of fused-ring (bicyclic) bond motifs is 1. The summed E-state index contributed by atoms with van der Waals surface area (Å²) in [5, 5.41) is 9.28. The highest BCUT2D eigenvalue weighted by Crippen LogP contribution is 2.31. The Morgan fingerprint density at radius 3 is 2.49 bits per heavy atom. The molecule has 2 heterocycles. The average Bonchev–Trinajstić information content (AvgIpc) is 3.12. The summed E-state index contributed by atoms with van der Waals surface area (Å²) in [5.41, 5.74) is 1.92. The highest BCUT2D eigenvalue weighted by molar-refractivity contribution is 7.07. The van der Waals surface area contributed by atoms with E-state index in [4.69, 9.17) is 26.2 Å². The van der Waals surface area contributed by atoms with Crippen LogP contribution < -0.4 is 19.6 Å². The van der Waals surface area contributed by atoms with Gasteiger partial charge in [-0.3, -0.25) is 9.36 Å². The molecule has 8 nitrogen and oxygen atoms in total. The molecule has 0 spiro atoms. The first-order chi connectivity index (χ1) is 16.8. The smallest absolute Gasteiger partial charge is 0.341 e. The Bertz CT molecular complexity index is 1490. The van der Waals surface area contributed by atoms with Gasteiger partial charge in [0.2, 0.25) is 0 Å². The number of carboxylic acid groups (broad SMARTS) is 1. The summed E-state index contributed by atoms with van der Waals surface area (Å²) in [7, 11) is 0. The monoisotopic (exact) mass is 512 g/mol. The third-order valence-corrected chi connectivity index (χ3v) is 6.48. The number of carbonyl (C=O) groups is 2. The van der Waals surface area contributed by atoms with E-state index in [0.29, 0.717) is 36.9 Å². The topological polar surface area (TPSA) is 107 Å². The number of hydrogen-bond donors (Lipinski definition) is 1. The molecule has 3 aromatic rings. The quantitative estimate of drug-likeness (QED) is 0.488. The van der Waals surface area contributed by atoms with Crippen LogP contribution in [0.2, 0.25) is 5.02 Å². The lowest BCUT2D eigenvalue weighted by atomic mass is 9.96. The summed E-state index contributed by atoms with van der Waals surface area (Å²) in [6, 6.07) is 13.0. The Balaban J connectivity index is 1.81. The molecule has 0 amide bonds. The molecule has 2 aromatic carbocycles. The normalized spacial score (nSPS) is 15.4. The van der Waals surface area contributed by atoms with Gasteiger partial charge in [-0.05, 0) is 55.3 Å². The third kappa shape index (κ3) is 5.21. The van der Waals surface area contributed by atoms with E-state index in [2.05, 4.69) is 4.99 Å². The first kappa shape index (κ1) is 24.4. The minimum atomic E-state index is -1.07. The fraction of sp³-hybridized carbons (Fsp3) is 0.200. The maximum absolute atomic E-state index is 13.5. The molecule has 0 bridgehead atoms. The molecule has 0 radical (unpaired) electrons. The highest BCUT2D eigenvalue weighted by atomic mass is 35.5. The average molecular weight is 513 g/mol. The molecule has 35 heavy (non-hydrogen) atoms. The number of benzene rings is 2. The number of halogens is 1. The van der Waals surface area contributed by atoms with Crippen molar-refractivity contribution in [1.29, 1.82) is 0 Å². The number of carboxylic acids is 1. The Labute approximate surface area is 209 Å². The maximum atomic E-state index is 13.5. The summed E-state index contributed by atoms with van der Waals surface area (Å²) in [6.45, 7) is 3.20. The molecule has 1 N–H and O–H groups in total. The van der Waals surface area contributed by atoms with Crippen molar-refractivity contribution < 1.29 is 24.2 Å². The van der Waals surface area contributed by atoms with Gasteiger partial charge in [0.1, 0.15) is 5.75 Å². The number of nitrogens with zero attached hydrogens (tertiary/aromatic N) is 2. The van der Waals surface area contributed by atoms with Gasteiger partial charge in [-0.2, -0.15) is 0 Å². The molecule has 1 aliphatic heterocycles. The zero-order valence-electron chi connectivity index (χ0n) is 18.9. The van der Waals surface area contributed by atoms with Crippen LogP contribution >= 0.6 is 22.9 Å². The molecule has 1 aliphatic rings. The number of thiazole rings is 1. The van der Waals surface area contributed by atoms with Crippen molar-refractivity contribution in [3.05, 3.63) is 95.6 Å². The van der Waals surface area contributed by atoms with Gasteiger partial charge in [-0.15, -0.1) is 0 Å². The predicted molar refractivity (Wildman–Crippen MR) is 131 cm³/mol. The van der Waals surface area contributed by atoms with Crippen LogP contribution in [0.4, 0.5) is 0 Å². The van der Waals surface area contributed by atoms with Crippen molar-refractivity contribution in [2.24, 2.45) is 4.99 Å². The van der Waals surface area contributed by atoms with Gasteiger partial charge in [0.05, 0.1) is 28.5 Å². The number of hydrogen-bond acceptors (Lipinski definition) is 7. The lowest BCUT2D eigenvalue weighted by Crippen LogP contribution is -2.39. The second-order valence-corrected chi connectivity index (χ2v) is 9.05. The summed E-state index contributed by atoms with van der Waals surface area (Å²) < 4.78 is 12.4. The van der Waals surface area contributed by atoms with Crippen molar-refractivity contribution in [2.45, 2.75) is 19.9 Å². The molecule has 10 heteroatoms. The number of aliphatic carboxylic acids is 1. The minimum Gasteiger partial charge on any atom is -0.482 e. The largest absolute Gasteiger partial charge is 0.482 e. The van der Waals surface area contributed by atoms with E-state index >= 15 is 0 Å². The first-order valence-corrected chi connectivity index (χ1v) is 11.9. The zero-order valence-corrected chi connectivity index (χ0v) is 20.4. The number of aromatic nitrogens is 1. The number of esters is 1. The lowest BCUT2D eigenvalue weighted by molar-refractivity contribution is -0.140. The van der Waals surface area contributed by atoms with E-state index in [1.165, 1.54) is 15.9 Å². The van der Waals surface area contributed by atoms with Crippen LogP contribution in [-0.2, 0) is 14.3 Å². The van der Waals surface area contributed by atoms with Gasteiger partial charge in [0.15, 0.2) is 11.4 Å². The van der Waals surface area contributed by atoms with E-state index in [0.717, 1.165) is 5.56 Å². The summed E-state index contributed by atoms with van der Waals surface area (Å²) in [4.78, 5) is 42.1. The molecule has 4 rings (SSSR count). The van der Waals surface area contributed by atoms with Gasteiger partial charge in [0, 0.05) is 5.02 Å². The number of allylic oxidation sites excluding steroid dienone is 1. The Morgan fingerprint density at radius 1 is 1.17 bits per heavy atom. The fourth-order valence-corrected chi connectivity index (χ4v) is 4.88. The van der Waals surface area contributed by atoms with Gasteiger partial charge >= 0.3 is 11.9 Å². The molecular formula is C25H21ClN2O6S. The summed E-state index contributed by atoms with van der Waals surface area (Å²) in [5.74, 6) is -1.19. The summed E-state index contributed by atoms with van der Waals surface area (Å²) in [6.07, 6.45) is 1.72. The van der Waals surface area contributed by atoms with Crippen LogP contribution in [0.15, 0.2) is 69.6 Å². The van der Waals surface area contributed by atoms with Crippen molar-refractivity contribution >= 4 is 41.0 Å². The predicted octanol–water partition coefficient (Wildman–Crippen LogP) is 2.92. The first-order valence-electron chi connectivity index (χ1n) is 10.7. The Morgan fingerprint density at radius 2 is 1.86 bits per heavy atom. The van der Waals surface area contributed by atoms with E-state index in [9.17, 15) is 14.4 Å². The second-order valence-electron chi connectivity index (χ2n) is 7.61. The molecule has 0 saturated carbocycles. The van der Waals surface area contributed by atoms with Gasteiger partial charge in [0.25, 0.3) is 5.56 Å². The molecule has 0 aliphatic carbocycles. The lowest BCUT2D eigenvalue weighted by Gasteiger charge is -2.24. The molecule has 0 saturated heterocycles. The van der Waals surface area contributed by atoms with Crippen LogP contribution in [0.1, 0.15) is 31.0 Å². The number of carbonyl (C=O) groups excluding carboxylic acids is 1. The molecule has 0 unspecified atom stereocenters. The third-order valence-electron chi connectivity index (χ3n) is 5.24. The molecule has 180 valence electrons. The van der Waals surface area contributed by atoms with Crippen molar-refractivity contribution in [1.82, 2.24) is 4.57 Å². The number of rotatable bonds is 7. The van der Waals surface area contributed by atoms with Gasteiger partial charge in [-0.25, -0.2) is 14.6 Å². The van der Waals surface area contributed by atoms with E-state index in [-0.39, 0.29) is 12.2 Å². The van der Waals surface area contributed by atoms with E-state index < -0.39 is 24.6 Å². The van der Waals surface area contributed by atoms with Crippen LogP contribution in [0, 0.1) is 0 Å². The molecular weight excluding hydrogens is 492 g/mol. The number of ether oxygens (including phenoxy) is 2. The molecule has 1 atom stereocenters. The van der Waals surface area contributed by atoms with Crippen molar-refractivity contribution in [2.75, 3.05) is 13.2 Å². The van der Waals surface area contributed by atoms with Crippen LogP contribution in [0.3, 0.4) is 0 Å². The van der Waals surface area contributed by atoms with E-state index in [1.54, 1.807) is 68.5 Å². The molecule has 1 aromatic heterocycles. The highest BCUT2D eigenvalue weighted by Gasteiger charge is 2.33. The standard InChI is InChI=1S/C25H21ClN2O6S/c1-3-33-24(32)21-14(2)27-25-28(22(21)16-6-8-17(26)9-7-16)23(31)19(35-25)12-15-4-10-18(11-5-15)34-13-20(29)30/h4-12,22H,3,13H2,1-2H3,(H,29,30)/b19-12+/t22-/m1/s1. The second kappa shape index (κ2) is 10.3.